The third-order valence-corrected chi connectivity index (χ3v) is 7.36. The number of halogens is 2. The lowest BCUT2D eigenvalue weighted by atomic mass is 10.1. The molecule has 1 unspecified atom stereocenters. The number of nitrogens with zero attached hydrogens (tertiary/aromatic N) is 3. The minimum Gasteiger partial charge on any atom is -0.328 e. The summed E-state index contributed by atoms with van der Waals surface area (Å²) in [5, 5.41) is 1.34. The Morgan fingerprint density at radius 3 is 2.39 bits per heavy atom. The van der Waals surface area contributed by atoms with E-state index in [4.69, 9.17) is 28.2 Å². The zero-order valence-corrected chi connectivity index (χ0v) is 23.4. The fourth-order valence-corrected chi connectivity index (χ4v) is 5.32. The molecule has 0 radical (unpaired) electrons. The highest BCUT2D eigenvalue weighted by molar-refractivity contribution is 6.36. The van der Waals surface area contributed by atoms with Crippen molar-refractivity contribution in [2.45, 2.75) is 58.5 Å². The van der Waals surface area contributed by atoms with Crippen LogP contribution in [0.5, 0.6) is 0 Å². The van der Waals surface area contributed by atoms with Gasteiger partial charge in [-0.05, 0) is 48.7 Å². The average Bonchev–Trinajstić information content (AvgIpc) is 2.92. The van der Waals surface area contributed by atoms with Gasteiger partial charge < -0.3 is 4.90 Å². The SMILES string of the molecule is CCCCCCN(C(=O)c1ccc(Cl)cc1Cl)C(CC)c1nc2ccccc2c(=O)n1Cc1ccccc1. The van der Waals surface area contributed by atoms with Crippen LogP contribution in [0.25, 0.3) is 10.9 Å². The number of unbranched alkanes of at least 4 members (excludes halogenated alkanes) is 3. The molecule has 1 aromatic heterocycles. The van der Waals surface area contributed by atoms with Crippen LogP contribution >= 0.6 is 23.2 Å². The van der Waals surface area contributed by atoms with Gasteiger partial charge in [0.05, 0.1) is 34.1 Å². The van der Waals surface area contributed by atoms with Gasteiger partial charge in [0.2, 0.25) is 0 Å². The lowest BCUT2D eigenvalue weighted by Crippen LogP contribution is -2.39. The van der Waals surface area contributed by atoms with Gasteiger partial charge in [-0.15, -0.1) is 0 Å². The summed E-state index contributed by atoms with van der Waals surface area (Å²) in [4.78, 5) is 34.7. The predicted octanol–water partition coefficient (Wildman–Crippen LogP) is 7.93. The second-order valence-corrected chi connectivity index (χ2v) is 10.3. The molecule has 1 atom stereocenters. The molecule has 0 saturated heterocycles. The summed E-state index contributed by atoms with van der Waals surface area (Å²) in [6.07, 6.45) is 4.62. The van der Waals surface area contributed by atoms with Crippen molar-refractivity contribution in [1.82, 2.24) is 14.5 Å². The van der Waals surface area contributed by atoms with E-state index in [2.05, 4.69) is 6.92 Å². The molecule has 3 aromatic carbocycles. The molecular formula is C31H33Cl2N3O2. The highest BCUT2D eigenvalue weighted by atomic mass is 35.5. The third-order valence-electron chi connectivity index (χ3n) is 6.81. The third kappa shape index (κ3) is 6.28. The van der Waals surface area contributed by atoms with Crippen molar-refractivity contribution >= 4 is 40.0 Å². The van der Waals surface area contributed by atoms with Crippen LogP contribution in [0.4, 0.5) is 0 Å². The number of hydrogen-bond acceptors (Lipinski definition) is 3. The second-order valence-electron chi connectivity index (χ2n) is 9.47. The van der Waals surface area contributed by atoms with Gasteiger partial charge in [0.15, 0.2) is 0 Å². The van der Waals surface area contributed by atoms with E-state index in [1.165, 1.54) is 0 Å². The van der Waals surface area contributed by atoms with E-state index in [-0.39, 0.29) is 11.5 Å². The van der Waals surface area contributed by atoms with E-state index in [1.54, 1.807) is 28.8 Å². The molecule has 1 heterocycles. The first-order valence-corrected chi connectivity index (χ1v) is 14.0. The molecule has 7 heteroatoms. The Bertz CT molecular complexity index is 1450. The molecule has 4 aromatic rings. The summed E-state index contributed by atoms with van der Waals surface area (Å²) in [6.45, 7) is 5.08. The standard InChI is InChI=1S/C31H33Cl2N3O2/c1-3-5-6-12-19-35(30(37)24-18-17-23(32)20-26(24)33)28(4-2)29-34-27-16-11-10-15-25(27)31(38)36(29)21-22-13-8-7-9-14-22/h7-11,13-18,20,28H,3-6,12,19,21H2,1-2H3. The molecule has 1 amide bonds. The Morgan fingerprint density at radius 2 is 1.68 bits per heavy atom. The number of hydrogen-bond donors (Lipinski definition) is 0. The topological polar surface area (TPSA) is 55.2 Å². The van der Waals surface area contributed by atoms with E-state index in [9.17, 15) is 9.59 Å². The summed E-state index contributed by atoms with van der Waals surface area (Å²) < 4.78 is 1.72. The first kappa shape index (κ1) is 27.9. The van der Waals surface area contributed by atoms with E-state index < -0.39 is 6.04 Å². The van der Waals surface area contributed by atoms with Crippen LogP contribution < -0.4 is 5.56 Å². The van der Waals surface area contributed by atoms with E-state index in [0.29, 0.717) is 51.8 Å². The maximum Gasteiger partial charge on any atom is 0.261 e. The molecule has 4 rings (SSSR count). The average molecular weight is 551 g/mol. The van der Waals surface area contributed by atoms with Gasteiger partial charge >= 0.3 is 0 Å². The quantitative estimate of drug-likeness (QED) is 0.178. The highest BCUT2D eigenvalue weighted by Crippen LogP contribution is 2.30. The predicted molar refractivity (Wildman–Crippen MR) is 156 cm³/mol. The van der Waals surface area contributed by atoms with Crippen LogP contribution in [0, 0.1) is 0 Å². The van der Waals surface area contributed by atoms with E-state index in [1.807, 2.05) is 60.4 Å². The van der Waals surface area contributed by atoms with Crippen molar-refractivity contribution in [2.75, 3.05) is 6.54 Å². The fraction of sp³-hybridized carbons (Fsp3) is 0.323. The Hall–Kier alpha value is -3.15. The maximum atomic E-state index is 14.0. The molecule has 0 aliphatic heterocycles. The Balaban J connectivity index is 1.85. The molecule has 38 heavy (non-hydrogen) atoms. The van der Waals surface area contributed by atoms with Crippen LogP contribution in [0.1, 0.15) is 73.7 Å². The van der Waals surface area contributed by atoms with Gasteiger partial charge in [-0.3, -0.25) is 14.2 Å². The summed E-state index contributed by atoms with van der Waals surface area (Å²) in [5.41, 5.74) is 1.89. The number of benzene rings is 3. The first-order valence-electron chi connectivity index (χ1n) is 13.2. The Morgan fingerprint density at radius 1 is 0.947 bits per heavy atom. The second kappa shape index (κ2) is 13.1. The molecule has 0 spiro atoms. The molecule has 0 bridgehead atoms. The first-order chi connectivity index (χ1) is 18.4. The summed E-state index contributed by atoms with van der Waals surface area (Å²) in [6, 6.07) is 21.7. The van der Waals surface area contributed by atoms with Crippen molar-refractivity contribution in [3.63, 3.8) is 0 Å². The minimum atomic E-state index is -0.420. The van der Waals surface area contributed by atoms with Crippen molar-refractivity contribution in [1.29, 1.82) is 0 Å². The van der Waals surface area contributed by atoms with Crippen LogP contribution in [-0.2, 0) is 6.54 Å². The largest absolute Gasteiger partial charge is 0.328 e. The normalized spacial score (nSPS) is 12.0. The number of amides is 1. The molecule has 0 N–H and O–H groups in total. The smallest absolute Gasteiger partial charge is 0.261 e. The van der Waals surface area contributed by atoms with Crippen molar-refractivity contribution < 1.29 is 4.79 Å². The number of fused-ring (bicyclic) bond motifs is 1. The molecule has 0 saturated carbocycles. The molecule has 5 nitrogen and oxygen atoms in total. The van der Waals surface area contributed by atoms with Crippen LogP contribution in [0.2, 0.25) is 10.0 Å². The van der Waals surface area contributed by atoms with Gasteiger partial charge in [-0.2, -0.15) is 0 Å². The van der Waals surface area contributed by atoms with Crippen LogP contribution in [-0.4, -0.2) is 26.9 Å². The van der Waals surface area contributed by atoms with Gasteiger partial charge in [0.25, 0.3) is 11.5 Å². The van der Waals surface area contributed by atoms with E-state index >= 15 is 0 Å². The zero-order valence-electron chi connectivity index (χ0n) is 21.9. The molecule has 0 aliphatic rings. The molecule has 0 aliphatic carbocycles. The van der Waals surface area contributed by atoms with Crippen molar-refractivity contribution in [3.8, 4) is 0 Å². The zero-order chi connectivity index (χ0) is 27.1. The van der Waals surface area contributed by atoms with Gasteiger partial charge in [-0.25, -0.2) is 4.98 Å². The number of para-hydroxylation sites is 1. The van der Waals surface area contributed by atoms with Gasteiger partial charge in [0, 0.05) is 11.6 Å². The minimum absolute atomic E-state index is 0.115. The maximum absolute atomic E-state index is 14.0. The number of carbonyl (C=O) groups is 1. The van der Waals surface area contributed by atoms with Gasteiger partial charge in [0.1, 0.15) is 5.82 Å². The summed E-state index contributed by atoms with van der Waals surface area (Å²) in [7, 11) is 0. The molecule has 0 fully saturated rings. The highest BCUT2D eigenvalue weighted by Gasteiger charge is 2.30. The van der Waals surface area contributed by atoms with Gasteiger partial charge in [-0.1, -0.05) is 98.8 Å². The molecule has 198 valence electrons. The van der Waals surface area contributed by atoms with Crippen LogP contribution in [0.3, 0.4) is 0 Å². The summed E-state index contributed by atoms with van der Waals surface area (Å²) in [5.74, 6) is 0.387. The number of carbonyl (C=O) groups excluding carboxylic acids is 1. The summed E-state index contributed by atoms with van der Waals surface area (Å²) >= 11 is 12.6. The van der Waals surface area contributed by atoms with Crippen molar-refractivity contribution in [2.24, 2.45) is 0 Å². The van der Waals surface area contributed by atoms with E-state index in [0.717, 1.165) is 31.2 Å². The Kier molecular flexibility index (Phi) is 9.59. The number of rotatable bonds is 11. The monoisotopic (exact) mass is 549 g/mol. The fourth-order valence-electron chi connectivity index (χ4n) is 4.83. The van der Waals surface area contributed by atoms with Crippen LogP contribution in [0.15, 0.2) is 77.6 Å². The lowest BCUT2D eigenvalue weighted by Gasteiger charge is -2.33. The molecular weight excluding hydrogens is 517 g/mol. The number of aromatic nitrogens is 2. The lowest BCUT2D eigenvalue weighted by molar-refractivity contribution is 0.0652. The van der Waals surface area contributed by atoms with Crippen molar-refractivity contribution in [3.05, 3.63) is 110 Å². The Labute approximate surface area is 234 Å².